The van der Waals surface area contributed by atoms with Crippen molar-refractivity contribution >= 4 is 17.3 Å². The summed E-state index contributed by atoms with van der Waals surface area (Å²) in [5, 5.41) is 9.20. The van der Waals surface area contributed by atoms with E-state index in [0.29, 0.717) is 39.8 Å². The van der Waals surface area contributed by atoms with Gasteiger partial charge < -0.3 is 11.5 Å². The highest BCUT2D eigenvalue weighted by molar-refractivity contribution is 5.81. The second-order valence-electron chi connectivity index (χ2n) is 6.34. The van der Waals surface area contributed by atoms with E-state index in [4.69, 9.17) is 11.5 Å². The van der Waals surface area contributed by atoms with Gasteiger partial charge in [0.2, 0.25) is 0 Å². The molecule has 168 valence electrons. The number of aldehydes is 1. The second kappa shape index (κ2) is 14.4. The zero-order valence-electron chi connectivity index (χ0n) is 18.6. The van der Waals surface area contributed by atoms with Crippen LogP contribution in [0.15, 0.2) is 97.0 Å². The molecule has 1 aromatic carbocycles. The van der Waals surface area contributed by atoms with E-state index in [1.807, 2.05) is 25.1 Å². The highest BCUT2D eigenvalue weighted by atomic mass is 19.1. The summed E-state index contributed by atoms with van der Waals surface area (Å²) in [7, 11) is 0. The van der Waals surface area contributed by atoms with Gasteiger partial charge in [0.25, 0.3) is 0 Å². The summed E-state index contributed by atoms with van der Waals surface area (Å²) in [5.41, 5.74) is 13.6. The molecule has 0 aliphatic heterocycles. The average molecular weight is 444 g/mol. The van der Waals surface area contributed by atoms with Crippen molar-refractivity contribution in [1.82, 2.24) is 9.97 Å². The molecule has 0 aliphatic carbocycles. The van der Waals surface area contributed by atoms with Crippen LogP contribution in [0.4, 0.5) is 4.39 Å². The van der Waals surface area contributed by atoms with Gasteiger partial charge in [0.05, 0.1) is 33.7 Å². The quantitative estimate of drug-likeness (QED) is 0.335. The fraction of sp³-hybridized carbons (Fsp3) is 0.0769. The highest BCUT2D eigenvalue weighted by Crippen LogP contribution is 2.24. The molecule has 0 radical (unpaired) electrons. The Labute approximate surface area is 193 Å². The van der Waals surface area contributed by atoms with Crippen molar-refractivity contribution in [3.8, 4) is 17.3 Å². The van der Waals surface area contributed by atoms with Gasteiger partial charge in [-0.15, -0.1) is 0 Å². The number of fused-ring (bicyclic) bond motifs is 1. The number of pyridine rings is 2. The molecule has 0 atom stereocenters. The zero-order chi connectivity index (χ0) is 24.6. The third kappa shape index (κ3) is 8.59. The van der Waals surface area contributed by atoms with Crippen molar-refractivity contribution in [2.45, 2.75) is 13.8 Å². The molecule has 2 aromatic heterocycles. The molecule has 0 spiro atoms. The van der Waals surface area contributed by atoms with Crippen LogP contribution in [0.5, 0.6) is 0 Å². The number of nitriles is 1. The molecule has 4 N–H and O–H groups in total. The SMILES string of the molecule is C/C=C/C(N)=C(\N)C=O.C=C/C=C\C.N#Cc1cc2ncccc2nc1-c1cccc(F)c1. The molecule has 33 heavy (non-hydrogen) atoms. The fourth-order valence-corrected chi connectivity index (χ4v) is 2.42. The maximum Gasteiger partial charge on any atom is 0.167 e. The lowest BCUT2D eigenvalue weighted by molar-refractivity contribution is -0.105. The molecular formula is C26H26FN5O. The Morgan fingerprint density at radius 3 is 2.39 bits per heavy atom. The predicted molar refractivity (Wildman–Crippen MR) is 131 cm³/mol. The number of benzene rings is 1. The van der Waals surface area contributed by atoms with Crippen LogP contribution in [0.2, 0.25) is 0 Å². The fourth-order valence-electron chi connectivity index (χ4n) is 2.42. The lowest BCUT2D eigenvalue weighted by Gasteiger charge is -2.05. The third-order valence-corrected chi connectivity index (χ3v) is 3.94. The Bertz CT molecular complexity index is 1220. The van der Waals surface area contributed by atoms with Crippen molar-refractivity contribution in [3.63, 3.8) is 0 Å². The van der Waals surface area contributed by atoms with E-state index >= 15 is 0 Å². The molecule has 3 aromatic rings. The van der Waals surface area contributed by atoms with Crippen molar-refractivity contribution in [2.75, 3.05) is 0 Å². The number of hydrogen-bond donors (Lipinski definition) is 2. The molecule has 0 bridgehead atoms. The van der Waals surface area contributed by atoms with Gasteiger partial charge >= 0.3 is 0 Å². The number of nitrogens with zero attached hydrogens (tertiary/aromatic N) is 3. The topological polar surface area (TPSA) is 119 Å². The zero-order valence-corrected chi connectivity index (χ0v) is 18.6. The number of allylic oxidation sites excluding steroid dienone is 6. The van der Waals surface area contributed by atoms with E-state index in [1.165, 1.54) is 12.1 Å². The van der Waals surface area contributed by atoms with Gasteiger partial charge in [0, 0.05) is 11.8 Å². The first-order valence-corrected chi connectivity index (χ1v) is 9.90. The molecular weight excluding hydrogens is 417 g/mol. The molecule has 0 saturated heterocycles. The molecule has 0 amide bonds. The molecule has 0 unspecified atom stereocenters. The second-order valence-corrected chi connectivity index (χ2v) is 6.34. The van der Waals surface area contributed by atoms with Crippen LogP contribution in [0, 0.1) is 17.1 Å². The minimum atomic E-state index is -0.352. The molecule has 6 nitrogen and oxygen atoms in total. The molecule has 0 aliphatic rings. The van der Waals surface area contributed by atoms with Gasteiger partial charge in [0.1, 0.15) is 11.9 Å². The number of carbonyl (C=O) groups excluding carboxylic acids is 1. The van der Waals surface area contributed by atoms with Crippen molar-refractivity contribution in [2.24, 2.45) is 11.5 Å². The largest absolute Gasteiger partial charge is 0.397 e. The van der Waals surface area contributed by atoms with Crippen molar-refractivity contribution < 1.29 is 9.18 Å². The Balaban J connectivity index is 0.000000326. The Morgan fingerprint density at radius 2 is 1.85 bits per heavy atom. The van der Waals surface area contributed by atoms with Crippen LogP contribution in [0.3, 0.4) is 0 Å². The monoisotopic (exact) mass is 443 g/mol. The summed E-state index contributed by atoms with van der Waals surface area (Å²) < 4.78 is 13.3. The first kappa shape index (κ1) is 26.5. The Hall–Kier alpha value is -4.57. The maximum absolute atomic E-state index is 13.3. The summed E-state index contributed by atoms with van der Waals surface area (Å²) in [5.74, 6) is -0.352. The standard InChI is InChI=1S/C15H8FN3.C6H10N2O.C5H8/c16-12-4-1-3-10(7-12)15-11(9-17)8-14-13(19-15)5-2-6-18-14;1-2-3-5(7)6(8)4-9;1-3-5-4-2/h1-8H;2-4H,7-8H2,1H3;3-5H,1H2,2H3/b;3-2+,6-5+;5-4-. The van der Waals surface area contributed by atoms with Crippen molar-refractivity contribution in [1.29, 1.82) is 5.26 Å². The number of rotatable bonds is 4. The minimum Gasteiger partial charge on any atom is -0.397 e. The minimum absolute atomic E-state index is 0.0769. The lowest BCUT2D eigenvalue weighted by Crippen LogP contribution is -2.08. The normalized spacial score (nSPS) is 11.0. The van der Waals surface area contributed by atoms with Crippen LogP contribution in [-0.4, -0.2) is 16.3 Å². The number of aromatic nitrogens is 2. The lowest BCUT2D eigenvalue weighted by atomic mass is 10.1. The number of halogens is 1. The predicted octanol–water partition coefficient (Wildman–Crippen LogP) is 4.95. The van der Waals surface area contributed by atoms with Gasteiger partial charge in [-0.05, 0) is 50.3 Å². The molecule has 0 saturated carbocycles. The number of nitrogens with two attached hydrogens (primary N) is 2. The van der Waals surface area contributed by atoms with E-state index in [0.717, 1.165) is 0 Å². The Kier molecular flexibility index (Phi) is 11.6. The van der Waals surface area contributed by atoms with Gasteiger partial charge in [-0.1, -0.05) is 43.0 Å². The maximum atomic E-state index is 13.3. The molecule has 0 fully saturated rings. The van der Waals surface area contributed by atoms with E-state index in [2.05, 4.69) is 22.6 Å². The van der Waals surface area contributed by atoms with Gasteiger partial charge in [-0.2, -0.15) is 5.26 Å². The van der Waals surface area contributed by atoms with Crippen LogP contribution < -0.4 is 11.5 Å². The average Bonchev–Trinajstić information content (AvgIpc) is 2.84. The van der Waals surface area contributed by atoms with Gasteiger partial charge in [-0.25, -0.2) is 9.37 Å². The molecule has 3 rings (SSSR count). The first-order valence-electron chi connectivity index (χ1n) is 9.90. The van der Waals surface area contributed by atoms with Crippen LogP contribution in [0.1, 0.15) is 19.4 Å². The number of carbonyl (C=O) groups is 1. The summed E-state index contributed by atoms with van der Waals surface area (Å²) in [4.78, 5) is 18.5. The van der Waals surface area contributed by atoms with E-state index in [-0.39, 0.29) is 11.5 Å². The van der Waals surface area contributed by atoms with Crippen LogP contribution in [0.25, 0.3) is 22.3 Å². The van der Waals surface area contributed by atoms with E-state index in [9.17, 15) is 14.4 Å². The molecule has 2 heterocycles. The first-order chi connectivity index (χ1) is 15.9. The van der Waals surface area contributed by atoms with E-state index in [1.54, 1.807) is 55.6 Å². The third-order valence-electron chi connectivity index (χ3n) is 3.94. The van der Waals surface area contributed by atoms with Crippen LogP contribution in [-0.2, 0) is 4.79 Å². The summed E-state index contributed by atoms with van der Waals surface area (Å²) in [6.07, 6.45) is 11.0. The summed E-state index contributed by atoms with van der Waals surface area (Å²) in [6.45, 7) is 7.22. The summed E-state index contributed by atoms with van der Waals surface area (Å²) in [6, 6.07) is 13.4. The van der Waals surface area contributed by atoms with Crippen molar-refractivity contribution in [3.05, 3.63) is 108 Å². The highest BCUT2D eigenvalue weighted by Gasteiger charge is 2.10. The summed E-state index contributed by atoms with van der Waals surface area (Å²) >= 11 is 0. The number of hydrogen-bond acceptors (Lipinski definition) is 6. The Morgan fingerprint density at radius 1 is 1.09 bits per heavy atom. The van der Waals surface area contributed by atoms with Gasteiger partial charge in [-0.3, -0.25) is 9.78 Å². The van der Waals surface area contributed by atoms with Crippen LogP contribution >= 0.6 is 0 Å². The van der Waals surface area contributed by atoms with Gasteiger partial charge in [0.15, 0.2) is 6.29 Å². The van der Waals surface area contributed by atoms with E-state index < -0.39 is 0 Å². The smallest absolute Gasteiger partial charge is 0.167 e. The molecule has 7 heteroatoms.